The average Bonchev–Trinajstić information content (AvgIpc) is 2.96. The van der Waals surface area contributed by atoms with E-state index in [9.17, 15) is 0 Å². The molecule has 1 aliphatic rings. The minimum atomic E-state index is -0.388. The Morgan fingerprint density at radius 3 is 2.68 bits per heavy atom. The number of rotatable bonds is 6. The molecule has 1 aromatic heterocycles. The molecule has 1 unspecified atom stereocenters. The van der Waals surface area contributed by atoms with Crippen LogP contribution in [-0.2, 0) is 15.1 Å². The van der Waals surface area contributed by atoms with E-state index < -0.39 is 0 Å². The van der Waals surface area contributed by atoms with E-state index in [0.29, 0.717) is 24.7 Å². The Morgan fingerprint density at radius 1 is 1.32 bits per heavy atom. The topological polar surface area (TPSA) is 83.4 Å². The van der Waals surface area contributed by atoms with Crippen LogP contribution in [0.2, 0.25) is 0 Å². The molecule has 0 amide bonds. The first-order chi connectivity index (χ1) is 9.22. The molecule has 1 saturated carbocycles. The summed E-state index contributed by atoms with van der Waals surface area (Å²) in [7, 11) is 3.36. The van der Waals surface area contributed by atoms with Gasteiger partial charge in [0, 0.05) is 20.8 Å². The summed E-state index contributed by atoms with van der Waals surface area (Å²) in [6.07, 6.45) is 6.05. The van der Waals surface area contributed by atoms with Crippen LogP contribution >= 0.6 is 0 Å². The van der Waals surface area contributed by atoms with E-state index in [1.54, 1.807) is 14.2 Å². The van der Waals surface area contributed by atoms with Crippen molar-refractivity contribution < 1.29 is 14.0 Å². The maximum Gasteiger partial charge on any atom is 0.243 e. The number of methoxy groups -OCH3 is 2. The molecule has 0 bridgehead atoms. The number of hydrogen-bond donors (Lipinski definition) is 1. The van der Waals surface area contributed by atoms with Crippen molar-refractivity contribution in [1.29, 1.82) is 0 Å². The van der Waals surface area contributed by atoms with Crippen molar-refractivity contribution in [3.05, 3.63) is 11.7 Å². The molecule has 6 nitrogen and oxygen atoms in total. The van der Waals surface area contributed by atoms with Gasteiger partial charge in [-0.15, -0.1) is 0 Å². The number of aromatic nitrogens is 2. The fraction of sp³-hybridized carbons (Fsp3) is 0.846. The summed E-state index contributed by atoms with van der Waals surface area (Å²) in [5, 5.41) is 4.08. The molecule has 1 fully saturated rings. The van der Waals surface area contributed by atoms with Gasteiger partial charge in [-0.25, -0.2) is 0 Å². The lowest BCUT2D eigenvalue weighted by Gasteiger charge is -2.32. The van der Waals surface area contributed by atoms with E-state index in [4.69, 9.17) is 19.7 Å². The third-order valence-electron chi connectivity index (χ3n) is 3.85. The van der Waals surface area contributed by atoms with Gasteiger partial charge < -0.3 is 19.7 Å². The standard InChI is InChI=1S/C13H23N3O3/c1-17-9-6-10(14)11-15-12(16-19-11)13(18-2)7-4-3-5-8-13/h10H,3-9,14H2,1-2H3. The molecule has 1 aliphatic carbocycles. The van der Waals surface area contributed by atoms with Gasteiger partial charge in [-0.2, -0.15) is 4.98 Å². The van der Waals surface area contributed by atoms with Gasteiger partial charge in [-0.05, 0) is 19.3 Å². The highest BCUT2D eigenvalue weighted by atomic mass is 16.5. The molecular weight excluding hydrogens is 246 g/mol. The highest BCUT2D eigenvalue weighted by molar-refractivity contribution is 5.04. The molecule has 0 aliphatic heterocycles. The Hall–Kier alpha value is -0.980. The highest BCUT2D eigenvalue weighted by Gasteiger charge is 2.38. The molecule has 1 aromatic rings. The first-order valence-electron chi connectivity index (χ1n) is 6.85. The molecule has 19 heavy (non-hydrogen) atoms. The summed E-state index contributed by atoms with van der Waals surface area (Å²) >= 11 is 0. The zero-order valence-electron chi connectivity index (χ0n) is 11.7. The second-order valence-corrected chi connectivity index (χ2v) is 5.10. The van der Waals surface area contributed by atoms with E-state index in [1.807, 2.05) is 0 Å². The van der Waals surface area contributed by atoms with E-state index >= 15 is 0 Å². The molecule has 0 spiro atoms. The molecule has 1 atom stereocenters. The minimum absolute atomic E-state index is 0.279. The second kappa shape index (κ2) is 6.45. The molecule has 1 heterocycles. The van der Waals surface area contributed by atoms with Gasteiger partial charge in [-0.3, -0.25) is 0 Å². The molecule has 2 N–H and O–H groups in total. The van der Waals surface area contributed by atoms with Gasteiger partial charge in [0.2, 0.25) is 11.7 Å². The maximum absolute atomic E-state index is 5.99. The maximum atomic E-state index is 5.99. The molecular formula is C13H23N3O3. The van der Waals surface area contributed by atoms with Gasteiger partial charge in [0.05, 0.1) is 6.04 Å². The van der Waals surface area contributed by atoms with Crippen LogP contribution in [0.1, 0.15) is 56.3 Å². The first-order valence-corrected chi connectivity index (χ1v) is 6.85. The van der Waals surface area contributed by atoms with Crippen LogP contribution in [-0.4, -0.2) is 31.0 Å². The minimum Gasteiger partial charge on any atom is -0.385 e. The summed E-state index contributed by atoms with van der Waals surface area (Å²) in [5.74, 6) is 1.10. The van der Waals surface area contributed by atoms with Crippen molar-refractivity contribution in [2.75, 3.05) is 20.8 Å². The van der Waals surface area contributed by atoms with E-state index in [0.717, 1.165) is 25.7 Å². The van der Waals surface area contributed by atoms with Crippen molar-refractivity contribution in [2.45, 2.75) is 50.2 Å². The van der Waals surface area contributed by atoms with Crippen molar-refractivity contribution in [3.8, 4) is 0 Å². The normalized spacial score (nSPS) is 20.4. The molecule has 2 rings (SSSR count). The van der Waals surface area contributed by atoms with Crippen LogP contribution in [0.5, 0.6) is 0 Å². The third kappa shape index (κ3) is 3.13. The Bertz CT molecular complexity index is 388. The van der Waals surface area contributed by atoms with Crippen LogP contribution in [0.25, 0.3) is 0 Å². The summed E-state index contributed by atoms with van der Waals surface area (Å²) in [6.45, 7) is 0.578. The number of ether oxygens (including phenoxy) is 2. The fourth-order valence-electron chi connectivity index (χ4n) is 2.58. The van der Waals surface area contributed by atoms with Gasteiger partial charge in [0.15, 0.2) is 0 Å². The van der Waals surface area contributed by atoms with Gasteiger partial charge >= 0.3 is 0 Å². The van der Waals surface area contributed by atoms with Crippen LogP contribution in [0, 0.1) is 0 Å². The smallest absolute Gasteiger partial charge is 0.243 e. The number of nitrogens with two attached hydrogens (primary N) is 1. The Kier molecular flexibility index (Phi) is 4.90. The van der Waals surface area contributed by atoms with Crippen LogP contribution in [0.15, 0.2) is 4.52 Å². The van der Waals surface area contributed by atoms with E-state index in [1.165, 1.54) is 6.42 Å². The lowest BCUT2D eigenvalue weighted by atomic mass is 9.84. The SMILES string of the molecule is COCCC(N)c1nc(C2(OC)CCCCC2)no1. The zero-order chi connectivity index (χ0) is 13.7. The monoisotopic (exact) mass is 269 g/mol. The zero-order valence-corrected chi connectivity index (χ0v) is 11.7. The van der Waals surface area contributed by atoms with Crippen molar-refractivity contribution in [2.24, 2.45) is 5.73 Å². The quantitative estimate of drug-likeness (QED) is 0.849. The van der Waals surface area contributed by atoms with E-state index in [-0.39, 0.29) is 11.6 Å². The summed E-state index contributed by atoms with van der Waals surface area (Å²) in [5.41, 5.74) is 5.60. The molecule has 0 aromatic carbocycles. The van der Waals surface area contributed by atoms with E-state index in [2.05, 4.69) is 10.1 Å². The number of nitrogens with zero attached hydrogens (tertiary/aromatic N) is 2. The first kappa shape index (κ1) is 14.4. The average molecular weight is 269 g/mol. The van der Waals surface area contributed by atoms with Crippen LogP contribution in [0.3, 0.4) is 0 Å². The van der Waals surface area contributed by atoms with Crippen LogP contribution in [0.4, 0.5) is 0 Å². The molecule has 6 heteroatoms. The van der Waals surface area contributed by atoms with Crippen molar-refractivity contribution in [3.63, 3.8) is 0 Å². The van der Waals surface area contributed by atoms with Crippen molar-refractivity contribution in [1.82, 2.24) is 10.1 Å². The third-order valence-corrected chi connectivity index (χ3v) is 3.85. The summed E-state index contributed by atoms with van der Waals surface area (Å²) in [6, 6.07) is -0.279. The summed E-state index contributed by atoms with van der Waals surface area (Å²) < 4.78 is 16.0. The largest absolute Gasteiger partial charge is 0.385 e. The highest BCUT2D eigenvalue weighted by Crippen LogP contribution is 2.38. The number of hydrogen-bond acceptors (Lipinski definition) is 6. The Balaban J connectivity index is 2.10. The molecule has 0 radical (unpaired) electrons. The predicted molar refractivity (Wildman–Crippen MR) is 69.5 cm³/mol. The lowest BCUT2D eigenvalue weighted by molar-refractivity contribution is -0.0527. The van der Waals surface area contributed by atoms with Gasteiger partial charge in [-0.1, -0.05) is 24.4 Å². The Labute approximate surface area is 113 Å². The van der Waals surface area contributed by atoms with Gasteiger partial charge in [0.25, 0.3) is 0 Å². The second-order valence-electron chi connectivity index (χ2n) is 5.10. The summed E-state index contributed by atoms with van der Waals surface area (Å²) in [4.78, 5) is 4.45. The molecule has 108 valence electrons. The molecule has 0 saturated heterocycles. The van der Waals surface area contributed by atoms with Crippen molar-refractivity contribution >= 4 is 0 Å². The van der Waals surface area contributed by atoms with Gasteiger partial charge in [0.1, 0.15) is 5.60 Å². The van der Waals surface area contributed by atoms with Crippen LogP contribution < -0.4 is 5.73 Å². The Morgan fingerprint density at radius 2 is 2.05 bits per heavy atom. The predicted octanol–water partition coefficient (Wildman–Crippen LogP) is 1.91. The fourth-order valence-corrected chi connectivity index (χ4v) is 2.58. The lowest BCUT2D eigenvalue weighted by Crippen LogP contribution is -2.32.